The summed E-state index contributed by atoms with van der Waals surface area (Å²) in [6, 6.07) is 0. The lowest BCUT2D eigenvalue weighted by atomic mass is 9.35. The fraction of sp³-hybridized carbons (Fsp3) is 0.864. The molecule has 6 rings (SSSR count). The van der Waals surface area contributed by atoms with Crippen molar-refractivity contribution in [3.63, 3.8) is 0 Å². The highest BCUT2D eigenvalue weighted by molar-refractivity contribution is 5.66. The molecule has 2 heterocycles. The lowest BCUT2D eigenvalue weighted by molar-refractivity contribution is -0.474. The van der Waals surface area contributed by atoms with E-state index in [9.17, 15) is 25.2 Å². The van der Waals surface area contributed by atoms with Gasteiger partial charge in [-0.3, -0.25) is 4.79 Å². The number of aliphatic hydroxyl groups excluding tert-OH is 3. The van der Waals surface area contributed by atoms with Crippen molar-refractivity contribution >= 4 is 5.97 Å². The molecule has 0 amide bonds. The van der Waals surface area contributed by atoms with Gasteiger partial charge in [0.1, 0.15) is 0 Å². The third-order valence-corrected chi connectivity index (χ3v) is 9.25. The molecule has 6 fully saturated rings. The number of esters is 1. The summed E-state index contributed by atoms with van der Waals surface area (Å²) in [5.74, 6) is -4.03. The normalized spacial score (nSPS) is 57.2. The molecule has 4 saturated carbocycles. The maximum Gasteiger partial charge on any atom is 0.303 e. The first-order chi connectivity index (χ1) is 13.4. The first kappa shape index (κ1) is 19.9. The first-order valence-electron chi connectivity index (χ1n) is 10.7. The molecule has 2 aliphatic heterocycles. The summed E-state index contributed by atoms with van der Waals surface area (Å²) in [7, 11) is 0. The standard InChI is InChI=1S/C22H32O7/c1-10-12-8-13(24)14-20-7-5-6-19(3,4)15(20)18(29-11(2)23)22(27,28-9-20)21(14,16(10)25)17(12)26/h12-18,24-27H,1,5-9H2,2-4H3/t12-,13-,14-,15?,16+,17?,18-,20+,21-,22+/m0/s1. The maximum absolute atomic E-state index is 12.1. The van der Waals surface area contributed by atoms with Crippen molar-refractivity contribution in [2.24, 2.45) is 34.0 Å². The fourth-order valence-corrected chi connectivity index (χ4v) is 8.57. The van der Waals surface area contributed by atoms with Crippen LogP contribution in [0, 0.1) is 34.0 Å². The Hall–Kier alpha value is -0.990. The van der Waals surface area contributed by atoms with Crippen LogP contribution < -0.4 is 0 Å². The summed E-state index contributed by atoms with van der Waals surface area (Å²) in [4.78, 5) is 12.1. The Morgan fingerprint density at radius 1 is 1.21 bits per heavy atom. The van der Waals surface area contributed by atoms with Crippen LogP contribution in [0.25, 0.3) is 0 Å². The van der Waals surface area contributed by atoms with E-state index in [-0.39, 0.29) is 17.9 Å². The number of rotatable bonds is 1. The molecule has 0 aromatic rings. The Labute approximate surface area is 170 Å². The molecular weight excluding hydrogens is 376 g/mol. The minimum atomic E-state index is -2.11. The highest BCUT2D eigenvalue weighted by atomic mass is 16.7. The van der Waals surface area contributed by atoms with Crippen LogP contribution in [0.1, 0.15) is 46.5 Å². The van der Waals surface area contributed by atoms with Gasteiger partial charge in [0.15, 0.2) is 6.10 Å². The van der Waals surface area contributed by atoms with Gasteiger partial charge in [0.2, 0.25) is 5.79 Å². The molecule has 10 atom stereocenters. The van der Waals surface area contributed by atoms with Gasteiger partial charge in [0.05, 0.1) is 30.3 Å². The van der Waals surface area contributed by atoms with E-state index >= 15 is 0 Å². The van der Waals surface area contributed by atoms with E-state index in [4.69, 9.17) is 9.47 Å². The highest BCUT2D eigenvalue weighted by Gasteiger charge is 2.87. The van der Waals surface area contributed by atoms with Crippen molar-refractivity contribution < 1.29 is 34.7 Å². The number of hydrogen-bond acceptors (Lipinski definition) is 7. The number of carbonyl (C=O) groups is 1. The minimum Gasteiger partial charge on any atom is -0.456 e. The van der Waals surface area contributed by atoms with Crippen LogP contribution in [-0.2, 0) is 14.3 Å². The van der Waals surface area contributed by atoms with Crippen LogP contribution in [0.3, 0.4) is 0 Å². The van der Waals surface area contributed by atoms with Crippen LogP contribution in [-0.4, -0.2) is 63.2 Å². The lowest BCUT2D eigenvalue weighted by Gasteiger charge is -2.75. The quantitative estimate of drug-likeness (QED) is 0.373. The number of aliphatic hydroxyl groups is 4. The summed E-state index contributed by atoms with van der Waals surface area (Å²) in [6.07, 6.45) is -1.44. The predicted molar refractivity (Wildman–Crippen MR) is 101 cm³/mol. The lowest BCUT2D eigenvalue weighted by Crippen LogP contribution is -2.86. The van der Waals surface area contributed by atoms with Gasteiger partial charge in [-0.25, -0.2) is 0 Å². The molecule has 4 bridgehead atoms. The predicted octanol–water partition coefficient (Wildman–Crippen LogP) is 0.738. The topological polar surface area (TPSA) is 116 Å². The second-order valence-corrected chi connectivity index (χ2v) is 10.8. The van der Waals surface area contributed by atoms with E-state index in [0.29, 0.717) is 12.0 Å². The second-order valence-electron chi connectivity index (χ2n) is 10.8. The monoisotopic (exact) mass is 408 g/mol. The largest absolute Gasteiger partial charge is 0.456 e. The van der Waals surface area contributed by atoms with Gasteiger partial charge in [-0.1, -0.05) is 26.8 Å². The van der Waals surface area contributed by atoms with Crippen molar-refractivity contribution in [2.45, 2.75) is 76.7 Å². The van der Waals surface area contributed by atoms with Crippen molar-refractivity contribution in [3.8, 4) is 0 Å². The third kappa shape index (κ3) is 1.95. The zero-order chi connectivity index (χ0) is 21.1. The van der Waals surface area contributed by atoms with E-state index in [1.807, 2.05) is 0 Å². The number of fused-ring (bicyclic) bond motifs is 2. The van der Waals surface area contributed by atoms with Crippen molar-refractivity contribution in [2.75, 3.05) is 6.61 Å². The molecule has 0 aromatic carbocycles. The van der Waals surface area contributed by atoms with Crippen LogP contribution in [0.2, 0.25) is 0 Å². The zero-order valence-corrected chi connectivity index (χ0v) is 17.3. The van der Waals surface area contributed by atoms with Gasteiger partial charge in [-0.05, 0) is 30.3 Å². The van der Waals surface area contributed by atoms with Gasteiger partial charge in [0, 0.05) is 30.1 Å². The molecule has 2 unspecified atom stereocenters. The molecule has 162 valence electrons. The smallest absolute Gasteiger partial charge is 0.303 e. The Bertz CT molecular complexity index is 779. The van der Waals surface area contributed by atoms with Crippen LogP contribution in [0.15, 0.2) is 12.2 Å². The SMILES string of the molecule is C=C1[C@@H](O)[C@]23C(O)[C@H]1C[C@H](O)[C@H]2[C@]12CCCC(C)(C)C1[C@H](OC(C)=O)[C@@]3(O)OC2. The van der Waals surface area contributed by atoms with E-state index < -0.39 is 58.8 Å². The molecule has 2 saturated heterocycles. The Morgan fingerprint density at radius 3 is 2.55 bits per heavy atom. The molecule has 6 aliphatic rings. The number of hydrogen-bond donors (Lipinski definition) is 4. The summed E-state index contributed by atoms with van der Waals surface area (Å²) in [5, 5.41) is 46.1. The van der Waals surface area contributed by atoms with Gasteiger partial charge < -0.3 is 29.9 Å². The van der Waals surface area contributed by atoms with Crippen molar-refractivity contribution in [3.05, 3.63) is 12.2 Å². The molecular formula is C22H32O7. The van der Waals surface area contributed by atoms with Crippen molar-refractivity contribution in [1.82, 2.24) is 0 Å². The third-order valence-electron chi connectivity index (χ3n) is 9.25. The van der Waals surface area contributed by atoms with E-state index in [1.54, 1.807) is 0 Å². The Kier molecular flexibility index (Phi) is 3.87. The molecule has 4 N–H and O–H groups in total. The van der Waals surface area contributed by atoms with E-state index in [2.05, 4.69) is 20.4 Å². The van der Waals surface area contributed by atoms with Gasteiger partial charge in [0.25, 0.3) is 0 Å². The second kappa shape index (κ2) is 5.62. The average Bonchev–Trinajstić information content (AvgIpc) is 2.73. The fourth-order valence-electron chi connectivity index (χ4n) is 8.57. The van der Waals surface area contributed by atoms with Crippen LogP contribution in [0.5, 0.6) is 0 Å². The van der Waals surface area contributed by atoms with Crippen LogP contribution >= 0.6 is 0 Å². The Morgan fingerprint density at radius 2 is 1.90 bits per heavy atom. The van der Waals surface area contributed by atoms with Crippen LogP contribution in [0.4, 0.5) is 0 Å². The molecule has 29 heavy (non-hydrogen) atoms. The molecule has 4 aliphatic carbocycles. The Balaban J connectivity index is 1.81. The van der Waals surface area contributed by atoms with Gasteiger partial charge in [-0.15, -0.1) is 0 Å². The van der Waals surface area contributed by atoms with E-state index in [0.717, 1.165) is 19.3 Å². The summed E-state index contributed by atoms with van der Waals surface area (Å²) in [5.41, 5.74) is -2.06. The average molecular weight is 408 g/mol. The zero-order valence-electron chi connectivity index (χ0n) is 17.3. The number of ether oxygens (including phenoxy) is 2. The molecule has 2 spiro atoms. The number of carbonyl (C=O) groups excluding carboxylic acids is 1. The summed E-state index contributed by atoms with van der Waals surface area (Å²) in [6.45, 7) is 9.68. The van der Waals surface area contributed by atoms with E-state index in [1.165, 1.54) is 6.92 Å². The molecule has 7 heteroatoms. The summed E-state index contributed by atoms with van der Waals surface area (Å²) >= 11 is 0. The first-order valence-corrected chi connectivity index (χ1v) is 10.7. The highest BCUT2D eigenvalue weighted by Crippen LogP contribution is 2.77. The molecule has 7 nitrogen and oxygen atoms in total. The maximum atomic E-state index is 12.1. The minimum absolute atomic E-state index is 0.204. The van der Waals surface area contributed by atoms with Gasteiger partial charge in [-0.2, -0.15) is 0 Å². The summed E-state index contributed by atoms with van der Waals surface area (Å²) < 4.78 is 11.8. The molecule has 0 radical (unpaired) electrons. The molecule has 0 aromatic heterocycles. The van der Waals surface area contributed by atoms with Crippen molar-refractivity contribution in [1.29, 1.82) is 0 Å². The van der Waals surface area contributed by atoms with Gasteiger partial charge >= 0.3 is 5.97 Å².